The number of aromatic hydroxyl groups is 1. The van der Waals surface area contributed by atoms with E-state index in [1.54, 1.807) is 0 Å². The number of carbonyl (C=O) groups is 1. The maximum absolute atomic E-state index is 13.3. The number of halogens is 1. The minimum atomic E-state index is -0.696. The summed E-state index contributed by atoms with van der Waals surface area (Å²) in [7, 11) is 0. The number of rotatable bonds is 3. The Morgan fingerprint density at radius 2 is 2.25 bits per heavy atom. The first-order chi connectivity index (χ1) is 7.52. The van der Waals surface area contributed by atoms with Gasteiger partial charge in [0.05, 0.1) is 0 Å². The van der Waals surface area contributed by atoms with Gasteiger partial charge in [0, 0.05) is 6.54 Å². The van der Waals surface area contributed by atoms with Crippen molar-refractivity contribution in [1.82, 2.24) is 5.32 Å². The molecule has 0 spiro atoms. The number of phenolic OH excluding ortho intramolecular Hbond substituents is 1. The van der Waals surface area contributed by atoms with Crippen molar-refractivity contribution in [3.8, 4) is 5.75 Å². The van der Waals surface area contributed by atoms with E-state index in [0.717, 1.165) is 18.9 Å². The van der Waals surface area contributed by atoms with Crippen LogP contribution in [-0.4, -0.2) is 17.6 Å². The van der Waals surface area contributed by atoms with E-state index in [1.807, 2.05) is 0 Å². The van der Waals surface area contributed by atoms with Gasteiger partial charge in [-0.25, -0.2) is 4.39 Å². The van der Waals surface area contributed by atoms with Crippen LogP contribution in [0.5, 0.6) is 5.75 Å². The normalized spacial score (nSPS) is 16.9. The van der Waals surface area contributed by atoms with Gasteiger partial charge in [0.2, 0.25) is 0 Å². The van der Waals surface area contributed by atoms with E-state index >= 15 is 0 Å². The second kappa shape index (κ2) is 3.77. The van der Waals surface area contributed by atoms with Gasteiger partial charge in [0.1, 0.15) is 17.1 Å². The molecule has 0 bridgehead atoms. The van der Waals surface area contributed by atoms with Gasteiger partial charge >= 0.3 is 0 Å². The van der Waals surface area contributed by atoms with Gasteiger partial charge in [-0.15, -0.1) is 0 Å². The Labute approximate surface area is 93.3 Å². The third kappa shape index (κ3) is 2.15. The van der Waals surface area contributed by atoms with E-state index < -0.39 is 11.7 Å². The van der Waals surface area contributed by atoms with Crippen molar-refractivity contribution in [3.05, 3.63) is 29.6 Å². The Balaban J connectivity index is 2.08. The van der Waals surface area contributed by atoms with Gasteiger partial charge in [-0.1, -0.05) is 13.0 Å². The van der Waals surface area contributed by atoms with Crippen molar-refractivity contribution in [1.29, 1.82) is 0 Å². The molecule has 0 unspecified atom stereocenters. The van der Waals surface area contributed by atoms with Crippen molar-refractivity contribution >= 4 is 5.91 Å². The zero-order valence-corrected chi connectivity index (χ0v) is 9.09. The molecular weight excluding hydrogens is 209 g/mol. The lowest BCUT2D eigenvalue weighted by Crippen LogP contribution is -2.29. The molecule has 0 aliphatic heterocycles. The first-order valence-corrected chi connectivity index (χ1v) is 5.27. The van der Waals surface area contributed by atoms with Crippen molar-refractivity contribution in [2.24, 2.45) is 5.41 Å². The quantitative estimate of drug-likeness (QED) is 0.824. The lowest BCUT2D eigenvalue weighted by Gasteiger charge is -2.11. The summed E-state index contributed by atoms with van der Waals surface area (Å²) in [6, 6.07) is 3.83. The van der Waals surface area contributed by atoms with Crippen molar-refractivity contribution in [3.63, 3.8) is 0 Å². The number of hydrogen-bond donors (Lipinski definition) is 2. The van der Waals surface area contributed by atoms with Gasteiger partial charge in [-0.3, -0.25) is 4.79 Å². The third-order valence-corrected chi connectivity index (χ3v) is 3.00. The number of nitrogens with one attached hydrogen (secondary N) is 1. The third-order valence-electron chi connectivity index (χ3n) is 3.00. The van der Waals surface area contributed by atoms with Gasteiger partial charge in [0.25, 0.3) is 5.91 Å². The molecule has 1 aromatic carbocycles. The van der Waals surface area contributed by atoms with Crippen LogP contribution in [0, 0.1) is 11.2 Å². The molecule has 0 heterocycles. The van der Waals surface area contributed by atoms with Crippen LogP contribution >= 0.6 is 0 Å². The van der Waals surface area contributed by atoms with Gasteiger partial charge in [0.15, 0.2) is 0 Å². The molecule has 0 atom stereocenters. The zero-order chi connectivity index (χ0) is 11.8. The number of amides is 1. The first kappa shape index (κ1) is 10.9. The largest absolute Gasteiger partial charge is 0.507 e. The fourth-order valence-electron chi connectivity index (χ4n) is 1.51. The summed E-state index contributed by atoms with van der Waals surface area (Å²) in [5.41, 5.74) is -0.108. The van der Waals surface area contributed by atoms with Crippen molar-refractivity contribution in [2.75, 3.05) is 6.54 Å². The van der Waals surface area contributed by atoms with Crippen LogP contribution in [0.2, 0.25) is 0 Å². The summed E-state index contributed by atoms with van der Waals surface area (Å²) in [6.07, 6.45) is 2.16. The van der Waals surface area contributed by atoms with E-state index in [4.69, 9.17) is 0 Å². The summed E-state index contributed by atoms with van der Waals surface area (Å²) < 4.78 is 13.3. The Kier molecular flexibility index (Phi) is 2.58. The standard InChI is InChI=1S/C12H14FNO2/c1-12(5-6-12)7-14-11(16)10-8(13)3-2-4-9(10)15/h2-4,15H,5-7H2,1H3,(H,14,16). The highest BCUT2D eigenvalue weighted by molar-refractivity contribution is 5.97. The SMILES string of the molecule is CC1(CNC(=O)c2c(O)cccc2F)CC1. The van der Waals surface area contributed by atoms with Gasteiger partial charge in [-0.2, -0.15) is 0 Å². The summed E-state index contributed by atoms with van der Waals surface area (Å²) in [5.74, 6) is -1.57. The molecule has 2 N–H and O–H groups in total. The Hall–Kier alpha value is -1.58. The smallest absolute Gasteiger partial charge is 0.258 e. The minimum Gasteiger partial charge on any atom is -0.507 e. The van der Waals surface area contributed by atoms with Gasteiger partial charge < -0.3 is 10.4 Å². The molecule has 0 saturated heterocycles. The molecular formula is C12H14FNO2. The Bertz CT molecular complexity index is 407. The Morgan fingerprint density at radius 3 is 2.81 bits per heavy atom. The molecule has 1 aliphatic carbocycles. The fourth-order valence-corrected chi connectivity index (χ4v) is 1.51. The van der Waals surface area contributed by atoms with Crippen LogP contribution in [0.3, 0.4) is 0 Å². The lowest BCUT2D eigenvalue weighted by atomic mass is 10.1. The second-order valence-electron chi connectivity index (χ2n) is 4.63. The van der Waals surface area contributed by atoms with E-state index in [0.29, 0.717) is 6.54 Å². The highest BCUT2D eigenvalue weighted by Gasteiger charge is 2.37. The van der Waals surface area contributed by atoms with Crippen molar-refractivity contribution in [2.45, 2.75) is 19.8 Å². The molecule has 16 heavy (non-hydrogen) atoms. The molecule has 1 aliphatic rings. The molecule has 2 rings (SSSR count). The fraction of sp³-hybridized carbons (Fsp3) is 0.417. The molecule has 3 nitrogen and oxygen atoms in total. The molecule has 0 radical (unpaired) electrons. The lowest BCUT2D eigenvalue weighted by molar-refractivity contribution is 0.0939. The molecule has 1 saturated carbocycles. The van der Waals surface area contributed by atoms with Crippen LogP contribution < -0.4 is 5.32 Å². The predicted molar refractivity (Wildman–Crippen MR) is 57.7 cm³/mol. The summed E-state index contributed by atoms with van der Waals surface area (Å²) >= 11 is 0. The van der Waals surface area contributed by atoms with Crippen molar-refractivity contribution < 1.29 is 14.3 Å². The molecule has 86 valence electrons. The van der Waals surface area contributed by atoms with Crippen LogP contribution in [-0.2, 0) is 0 Å². The van der Waals surface area contributed by atoms with Crippen LogP contribution in [0.25, 0.3) is 0 Å². The van der Waals surface area contributed by atoms with E-state index in [9.17, 15) is 14.3 Å². The average molecular weight is 223 g/mol. The number of hydrogen-bond acceptors (Lipinski definition) is 2. The summed E-state index contributed by atoms with van der Waals surface area (Å²) in [5, 5.41) is 12.1. The highest BCUT2D eigenvalue weighted by Crippen LogP contribution is 2.44. The van der Waals surface area contributed by atoms with E-state index in [-0.39, 0.29) is 16.7 Å². The Morgan fingerprint density at radius 1 is 1.56 bits per heavy atom. The zero-order valence-electron chi connectivity index (χ0n) is 9.09. The molecule has 1 amide bonds. The average Bonchev–Trinajstić information content (AvgIpc) is 2.94. The maximum atomic E-state index is 13.3. The van der Waals surface area contributed by atoms with Crippen LogP contribution in [0.4, 0.5) is 4.39 Å². The maximum Gasteiger partial charge on any atom is 0.258 e. The highest BCUT2D eigenvalue weighted by atomic mass is 19.1. The molecule has 1 aromatic rings. The number of benzene rings is 1. The second-order valence-corrected chi connectivity index (χ2v) is 4.63. The number of phenols is 1. The van der Waals surface area contributed by atoms with Crippen LogP contribution in [0.1, 0.15) is 30.1 Å². The van der Waals surface area contributed by atoms with Gasteiger partial charge in [-0.05, 0) is 30.4 Å². The van der Waals surface area contributed by atoms with E-state index in [2.05, 4.69) is 12.2 Å². The summed E-state index contributed by atoms with van der Waals surface area (Å²) in [6.45, 7) is 2.59. The molecule has 0 aromatic heterocycles. The summed E-state index contributed by atoms with van der Waals surface area (Å²) in [4.78, 5) is 11.6. The van der Waals surface area contributed by atoms with E-state index in [1.165, 1.54) is 12.1 Å². The minimum absolute atomic E-state index is 0.163. The van der Waals surface area contributed by atoms with Crippen LogP contribution in [0.15, 0.2) is 18.2 Å². The topological polar surface area (TPSA) is 49.3 Å². The predicted octanol–water partition coefficient (Wildman–Crippen LogP) is 2.06. The molecule has 4 heteroatoms. The monoisotopic (exact) mass is 223 g/mol. The molecule has 1 fully saturated rings. The first-order valence-electron chi connectivity index (χ1n) is 5.27. The number of carbonyl (C=O) groups excluding carboxylic acids is 1.